The molecule has 0 aliphatic rings. The molecule has 0 unspecified atom stereocenters. The summed E-state index contributed by atoms with van der Waals surface area (Å²) in [6.45, 7) is 4.39. The number of thiophene rings is 1. The predicted octanol–water partition coefficient (Wildman–Crippen LogP) is 3.61. The highest BCUT2D eigenvalue weighted by molar-refractivity contribution is 7.15. The third kappa shape index (κ3) is 3.78. The quantitative estimate of drug-likeness (QED) is 0.632. The molecular weight excluding hydrogens is 362 g/mol. The summed E-state index contributed by atoms with van der Waals surface area (Å²) in [6.07, 6.45) is 0. The summed E-state index contributed by atoms with van der Waals surface area (Å²) in [6, 6.07) is 13.2. The number of amides is 1. The first-order chi connectivity index (χ1) is 12.9. The van der Waals surface area contributed by atoms with Crippen molar-refractivity contribution < 1.29 is 14.3 Å². The molecule has 7 heteroatoms. The first-order valence-corrected chi connectivity index (χ1v) is 9.28. The largest absolute Gasteiger partial charge is 0.465 e. The number of benzene rings is 1. The van der Waals surface area contributed by atoms with E-state index in [1.54, 1.807) is 24.1 Å². The van der Waals surface area contributed by atoms with Gasteiger partial charge in [-0.1, -0.05) is 18.2 Å². The summed E-state index contributed by atoms with van der Waals surface area (Å²) >= 11 is 1.14. The molecule has 0 fully saturated rings. The van der Waals surface area contributed by atoms with Gasteiger partial charge >= 0.3 is 5.97 Å². The van der Waals surface area contributed by atoms with E-state index in [-0.39, 0.29) is 5.91 Å². The number of methoxy groups -OCH3 is 1. The van der Waals surface area contributed by atoms with E-state index < -0.39 is 5.97 Å². The maximum Gasteiger partial charge on any atom is 0.348 e. The number of carbonyl (C=O) groups is 2. The highest BCUT2D eigenvalue weighted by Gasteiger charge is 2.20. The van der Waals surface area contributed by atoms with Crippen molar-refractivity contribution in [2.75, 3.05) is 14.2 Å². The van der Waals surface area contributed by atoms with E-state index in [1.807, 2.05) is 48.9 Å². The van der Waals surface area contributed by atoms with Gasteiger partial charge in [-0.3, -0.25) is 4.79 Å². The van der Waals surface area contributed by atoms with Crippen LogP contribution in [-0.4, -0.2) is 40.7 Å². The molecule has 0 saturated carbocycles. The standard InChI is InChI=1S/C20H21N3O3S/c1-13-16(14(2)23(21-13)15-8-6-5-7-9-15)12-22(3)19(24)17-10-11-18(27-17)20(25)26-4/h5-11H,12H2,1-4H3. The Morgan fingerprint density at radius 2 is 1.78 bits per heavy atom. The molecule has 0 aliphatic carbocycles. The van der Waals surface area contributed by atoms with E-state index in [0.717, 1.165) is 34.0 Å². The lowest BCUT2D eigenvalue weighted by Gasteiger charge is -2.16. The fourth-order valence-electron chi connectivity index (χ4n) is 2.88. The van der Waals surface area contributed by atoms with Gasteiger partial charge in [-0.05, 0) is 38.1 Å². The normalized spacial score (nSPS) is 10.7. The third-order valence-corrected chi connectivity index (χ3v) is 5.44. The van der Waals surface area contributed by atoms with Crippen LogP contribution in [0.15, 0.2) is 42.5 Å². The van der Waals surface area contributed by atoms with Gasteiger partial charge in [-0.15, -0.1) is 11.3 Å². The Bertz CT molecular complexity index is 976. The van der Waals surface area contributed by atoms with Crippen LogP contribution in [0.2, 0.25) is 0 Å². The molecule has 2 heterocycles. The Kier molecular flexibility index (Phi) is 5.41. The van der Waals surface area contributed by atoms with E-state index >= 15 is 0 Å². The van der Waals surface area contributed by atoms with Crippen LogP contribution >= 0.6 is 11.3 Å². The highest BCUT2D eigenvalue weighted by atomic mass is 32.1. The number of aromatic nitrogens is 2. The summed E-state index contributed by atoms with van der Waals surface area (Å²) in [4.78, 5) is 26.9. The minimum absolute atomic E-state index is 0.138. The molecule has 0 atom stereocenters. The third-order valence-electron chi connectivity index (χ3n) is 4.39. The molecule has 27 heavy (non-hydrogen) atoms. The van der Waals surface area contributed by atoms with Crippen LogP contribution < -0.4 is 0 Å². The first kappa shape index (κ1) is 18.8. The Hall–Kier alpha value is -2.93. The molecule has 140 valence electrons. The maximum absolute atomic E-state index is 12.7. The zero-order valence-electron chi connectivity index (χ0n) is 15.7. The van der Waals surface area contributed by atoms with E-state index in [1.165, 1.54) is 7.11 Å². The molecule has 0 N–H and O–H groups in total. The van der Waals surface area contributed by atoms with Crippen molar-refractivity contribution in [3.8, 4) is 5.69 Å². The number of carbonyl (C=O) groups excluding carboxylic acids is 2. The van der Waals surface area contributed by atoms with E-state index in [0.29, 0.717) is 16.3 Å². The number of hydrogen-bond acceptors (Lipinski definition) is 5. The number of aryl methyl sites for hydroxylation is 1. The van der Waals surface area contributed by atoms with Gasteiger partial charge in [0.2, 0.25) is 0 Å². The number of nitrogens with zero attached hydrogens (tertiary/aromatic N) is 3. The summed E-state index contributed by atoms with van der Waals surface area (Å²) in [5.74, 6) is -0.570. The van der Waals surface area contributed by atoms with E-state index in [4.69, 9.17) is 4.74 Å². The van der Waals surface area contributed by atoms with Crippen molar-refractivity contribution in [1.29, 1.82) is 0 Å². The van der Waals surface area contributed by atoms with Gasteiger partial charge in [0.1, 0.15) is 4.88 Å². The molecule has 0 aliphatic heterocycles. The predicted molar refractivity (Wildman–Crippen MR) is 104 cm³/mol. The van der Waals surface area contributed by atoms with Crippen molar-refractivity contribution >= 4 is 23.2 Å². The van der Waals surface area contributed by atoms with Gasteiger partial charge in [0.25, 0.3) is 5.91 Å². The maximum atomic E-state index is 12.7. The molecule has 2 aromatic heterocycles. The molecule has 1 amide bonds. The smallest absolute Gasteiger partial charge is 0.348 e. The van der Waals surface area contributed by atoms with Crippen LogP contribution in [-0.2, 0) is 11.3 Å². The number of ether oxygens (including phenoxy) is 1. The molecule has 3 rings (SSSR count). The van der Waals surface area contributed by atoms with Gasteiger partial charge < -0.3 is 9.64 Å². The molecule has 3 aromatic rings. The van der Waals surface area contributed by atoms with Crippen molar-refractivity contribution in [2.24, 2.45) is 0 Å². The number of esters is 1. The van der Waals surface area contributed by atoms with E-state index in [2.05, 4.69) is 5.10 Å². The lowest BCUT2D eigenvalue weighted by Crippen LogP contribution is -2.26. The van der Waals surface area contributed by atoms with Gasteiger partial charge in [0.05, 0.1) is 23.4 Å². The van der Waals surface area contributed by atoms with Gasteiger partial charge in [0, 0.05) is 24.8 Å². The molecule has 6 nitrogen and oxygen atoms in total. The lowest BCUT2D eigenvalue weighted by molar-refractivity contribution is 0.0606. The van der Waals surface area contributed by atoms with Crippen LogP contribution in [0.1, 0.15) is 36.3 Å². The van der Waals surface area contributed by atoms with Gasteiger partial charge in [-0.25, -0.2) is 9.48 Å². The number of hydrogen-bond donors (Lipinski definition) is 0. The summed E-state index contributed by atoms with van der Waals surface area (Å²) in [5.41, 5.74) is 3.89. The minimum Gasteiger partial charge on any atom is -0.465 e. The van der Waals surface area contributed by atoms with Crippen LogP contribution in [0, 0.1) is 13.8 Å². The van der Waals surface area contributed by atoms with Crippen molar-refractivity contribution in [1.82, 2.24) is 14.7 Å². The Balaban J connectivity index is 1.81. The fourth-order valence-corrected chi connectivity index (χ4v) is 3.80. The monoisotopic (exact) mass is 383 g/mol. The van der Waals surface area contributed by atoms with Crippen LogP contribution in [0.3, 0.4) is 0 Å². The summed E-state index contributed by atoms with van der Waals surface area (Å²) in [5, 5.41) is 4.62. The van der Waals surface area contributed by atoms with Crippen molar-refractivity contribution in [3.63, 3.8) is 0 Å². The highest BCUT2D eigenvalue weighted by Crippen LogP contribution is 2.22. The summed E-state index contributed by atoms with van der Waals surface area (Å²) < 4.78 is 6.59. The average molecular weight is 383 g/mol. The minimum atomic E-state index is -0.433. The van der Waals surface area contributed by atoms with Crippen LogP contribution in [0.25, 0.3) is 5.69 Å². The molecule has 0 bridgehead atoms. The molecule has 0 saturated heterocycles. The second-order valence-electron chi connectivity index (χ2n) is 6.21. The van der Waals surface area contributed by atoms with Gasteiger partial charge in [-0.2, -0.15) is 5.10 Å². The fraction of sp³-hybridized carbons (Fsp3) is 0.250. The van der Waals surface area contributed by atoms with Crippen molar-refractivity contribution in [3.05, 3.63) is 69.2 Å². The Labute approximate surface area is 162 Å². The topological polar surface area (TPSA) is 64.4 Å². The SMILES string of the molecule is COC(=O)c1ccc(C(=O)N(C)Cc2c(C)nn(-c3ccccc3)c2C)s1. The molecule has 0 radical (unpaired) electrons. The van der Waals surface area contributed by atoms with Crippen LogP contribution in [0.5, 0.6) is 0 Å². The first-order valence-electron chi connectivity index (χ1n) is 8.46. The second kappa shape index (κ2) is 7.75. The Morgan fingerprint density at radius 3 is 2.44 bits per heavy atom. The summed E-state index contributed by atoms with van der Waals surface area (Å²) in [7, 11) is 3.07. The lowest BCUT2D eigenvalue weighted by atomic mass is 10.2. The van der Waals surface area contributed by atoms with E-state index in [9.17, 15) is 9.59 Å². The molecular formula is C20H21N3O3S. The zero-order chi connectivity index (χ0) is 19.6. The van der Waals surface area contributed by atoms with Crippen LogP contribution in [0.4, 0.5) is 0 Å². The Morgan fingerprint density at radius 1 is 1.11 bits per heavy atom. The van der Waals surface area contributed by atoms with Gasteiger partial charge in [0.15, 0.2) is 0 Å². The molecule has 1 aromatic carbocycles. The molecule has 0 spiro atoms. The average Bonchev–Trinajstić information content (AvgIpc) is 3.28. The zero-order valence-corrected chi connectivity index (χ0v) is 16.5. The van der Waals surface area contributed by atoms with Crippen molar-refractivity contribution in [2.45, 2.75) is 20.4 Å². The number of rotatable bonds is 5. The number of para-hydroxylation sites is 1. The second-order valence-corrected chi connectivity index (χ2v) is 7.30.